The van der Waals surface area contributed by atoms with Crippen LogP contribution in [0.25, 0.3) is 0 Å². The first-order chi connectivity index (χ1) is 8.90. The number of hydrogen-bond donors (Lipinski definition) is 3. The van der Waals surface area contributed by atoms with Gasteiger partial charge in [-0.15, -0.1) is 10.2 Å². The fourth-order valence-electron chi connectivity index (χ4n) is 1.27. The van der Waals surface area contributed by atoms with Crippen molar-refractivity contribution in [1.29, 1.82) is 0 Å². The van der Waals surface area contributed by atoms with E-state index in [1.807, 2.05) is 0 Å². The molecule has 1 aromatic heterocycles. The third-order valence-corrected chi connectivity index (χ3v) is 4.09. The van der Waals surface area contributed by atoms with E-state index in [4.69, 9.17) is 5.73 Å². The molecular formula is C8H8BrFN6O2S. The normalized spacial score (nSPS) is 11.7. The van der Waals surface area contributed by atoms with Crippen LogP contribution in [0.15, 0.2) is 21.5 Å². The van der Waals surface area contributed by atoms with Gasteiger partial charge in [-0.25, -0.2) is 17.5 Å². The Hall–Kier alpha value is -1.59. The van der Waals surface area contributed by atoms with Gasteiger partial charge in [0.15, 0.2) is 11.6 Å². The first-order valence-corrected chi connectivity index (χ1v) is 7.14. The van der Waals surface area contributed by atoms with Crippen LogP contribution in [0.4, 0.5) is 10.1 Å². The fourth-order valence-corrected chi connectivity index (χ4v) is 2.99. The van der Waals surface area contributed by atoms with Crippen molar-refractivity contribution in [2.45, 2.75) is 11.4 Å². The summed E-state index contributed by atoms with van der Waals surface area (Å²) in [5.74, 6) is -0.790. The molecule has 0 amide bonds. The van der Waals surface area contributed by atoms with Gasteiger partial charge in [0.1, 0.15) is 4.90 Å². The number of aromatic nitrogens is 4. The second-order valence-electron chi connectivity index (χ2n) is 3.47. The van der Waals surface area contributed by atoms with Crippen LogP contribution in [0.3, 0.4) is 0 Å². The van der Waals surface area contributed by atoms with Crippen molar-refractivity contribution in [3.8, 4) is 0 Å². The zero-order valence-corrected chi connectivity index (χ0v) is 11.7. The van der Waals surface area contributed by atoms with E-state index in [2.05, 4.69) is 41.3 Å². The van der Waals surface area contributed by atoms with Crippen molar-refractivity contribution in [3.63, 3.8) is 0 Å². The Balaban J connectivity index is 2.29. The second kappa shape index (κ2) is 5.19. The molecule has 8 nitrogen and oxygen atoms in total. The van der Waals surface area contributed by atoms with E-state index in [-0.39, 0.29) is 22.5 Å². The topological polar surface area (TPSA) is 127 Å². The number of tetrazole rings is 1. The molecule has 102 valence electrons. The summed E-state index contributed by atoms with van der Waals surface area (Å²) in [6.07, 6.45) is 0. The monoisotopic (exact) mass is 350 g/mol. The summed E-state index contributed by atoms with van der Waals surface area (Å²) in [5, 5.41) is 12.6. The van der Waals surface area contributed by atoms with Crippen LogP contribution < -0.4 is 10.5 Å². The number of hydrogen-bond acceptors (Lipinski definition) is 6. The molecule has 0 unspecified atom stereocenters. The number of benzene rings is 1. The minimum Gasteiger partial charge on any atom is -0.399 e. The Morgan fingerprint density at radius 3 is 2.84 bits per heavy atom. The SMILES string of the molecule is Nc1cc(Br)c(F)c(S(=O)(=O)NCc2nn[nH]n2)c1. The second-order valence-corrected chi connectivity index (χ2v) is 6.06. The predicted octanol–water partition coefficient (Wildman–Crippen LogP) is 0.162. The molecule has 19 heavy (non-hydrogen) atoms. The molecule has 0 fully saturated rings. The first kappa shape index (κ1) is 13.8. The van der Waals surface area contributed by atoms with Gasteiger partial charge in [-0.2, -0.15) is 5.21 Å². The van der Waals surface area contributed by atoms with Gasteiger partial charge >= 0.3 is 0 Å². The molecule has 1 heterocycles. The van der Waals surface area contributed by atoms with Crippen molar-refractivity contribution >= 4 is 31.6 Å². The summed E-state index contributed by atoms with van der Waals surface area (Å²) in [6, 6.07) is 2.30. The van der Waals surface area contributed by atoms with Crippen molar-refractivity contribution in [3.05, 3.63) is 28.2 Å². The summed E-state index contributed by atoms with van der Waals surface area (Å²) in [6.45, 7) is -0.218. The maximum atomic E-state index is 13.8. The fraction of sp³-hybridized carbons (Fsp3) is 0.125. The Kier molecular flexibility index (Phi) is 3.78. The molecule has 1 aromatic carbocycles. The summed E-state index contributed by atoms with van der Waals surface area (Å²) in [5.41, 5.74) is 5.61. The third-order valence-electron chi connectivity index (χ3n) is 2.12. The maximum Gasteiger partial charge on any atom is 0.244 e. The summed E-state index contributed by atoms with van der Waals surface area (Å²) < 4.78 is 39.8. The molecular weight excluding hydrogens is 343 g/mol. The molecule has 0 radical (unpaired) electrons. The average Bonchev–Trinajstić information content (AvgIpc) is 2.84. The quantitative estimate of drug-likeness (QED) is 0.674. The van der Waals surface area contributed by atoms with Crippen LogP contribution in [0.5, 0.6) is 0 Å². The smallest absolute Gasteiger partial charge is 0.244 e. The van der Waals surface area contributed by atoms with Gasteiger partial charge in [-0.3, -0.25) is 0 Å². The van der Waals surface area contributed by atoms with Gasteiger partial charge < -0.3 is 5.73 Å². The predicted molar refractivity (Wildman–Crippen MR) is 66.7 cm³/mol. The van der Waals surface area contributed by atoms with Gasteiger partial charge in [0.2, 0.25) is 10.0 Å². The van der Waals surface area contributed by atoms with E-state index < -0.39 is 20.7 Å². The lowest BCUT2D eigenvalue weighted by Crippen LogP contribution is -2.25. The molecule has 2 aromatic rings. The molecule has 2 rings (SSSR count). The number of nitrogens with two attached hydrogens (primary N) is 1. The van der Waals surface area contributed by atoms with Crippen LogP contribution >= 0.6 is 15.9 Å². The van der Waals surface area contributed by atoms with Crippen molar-refractivity contribution < 1.29 is 12.8 Å². The minimum absolute atomic E-state index is 0.0348. The van der Waals surface area contributed by atoms with Crippen LogP contribution in [0.2, 0.25) is 0 Å². The van der Waals surface area contributed by atoms with Crippen LogP contribution in [-0.2, 0) is 16.6 Å². The van der Waals surface area contributed by atoms with E-state index >= 15 is 0 Å². The number of anilines is 1. The van der Waals surface area contributed by atoms with Gasteiger partial charge in [-0.05, 0) is 28.1 Å². The molecule has 0 aliphatic heterocycles. The summed E-state index contributed by atoms with van der Waals surface area (Å²) >= 11 is 2.89. The van der Waals surface area contributed by atoms with Crippen molar-refractivity contribution in [2.75, 3.05) is 5.73 Å². The van der Waals surface area contributed by atoms with E-state index in [0.717, 1.165) is 6.07 Å². The van der Waals surface area contributed by atoms with Gasteiger partial charge in [0.05, 0.1) is 11.0 Å². The van der Waals surface area contributed by atoms with Gasteiger partial charge in [0, 0.05) is 5.69 Å². The number of rotatable bonds is 4. The zero-order valence-electron chi connectivity index (χ0n) is 9.26. The zero-order chi connectivity index (χ0) is 14.0. The van der Waals surface area contributed by atoms with E-state index in [1.54, 1.807) is 0 Å². The highest BCUT2D eigenvalue weighted by Gasteiger charge is 2.22. The van der Waals surface area contributed by atoms with Crippen LogP contribution in [0, 0.1) is 5.82 Å². The Labute approximate surface area is 115 Å². The number of aromatic amines is 1. The highest BCUT2D eigenvalue weighted by atomic mass is 79.9. The first-order valence-electron chi connectivity index (χ1n) is 4.86. The molecule has 0 atom stereocenters. The van der Waals surface area contributed by atoms with Crippen LogP contribution in [0.1, 0.15) is 5.82 Å². The number of halogens is 2. The molecule has 0 aliphatic carbocycles. The number of nitrogens with zero attached hydrogens (tertiary/aromatic N) is 3. The van der Waals surface area contributed by atoms with E-state index in [9.17, 15) is 12.8 Å². The number of sulfonamides is 1. The Morgan fingerprint density at radius 2 is 2.21 bits per heavy atom. The van der Waals surface area contributed by atoms with Crippen molar-refractivity contribution in [1.82, 2.24) is 25.3 Å². The maximum absolute atomic E-state index is 13.8. The molecule has 0 bridgehead atoms. The van der Waals surface area contributed by atoms with Crippen molar-refractivity contribution in [2.24, 2.45) is 0 Å². The minimum atomic E-state index is -4.07. The lowest BCUT2D eigenvalue weighted by Gasteiger charge is -2.08. The number of nitrogens with one attached hydrogen (secondary N) is 2. The standard InChI is InChI=1S/C8H8BrFN6O2S/c9-5-1-4(11)2-6(8(5)10)19(17,18)12-3-7-13-15-16-14-7/h1-2,12H,3,11H2,(H,13,14,15,16). The lowest BCUT2D eigenvalue weighted by atomic mass is 10.3. The highest BCUT2D eigenvalue weighted by molar-refractivity contribution is 9.10. The highest BCUT2D eigenvalue weighted by Crippen LogP contribution is 2.25. The number of H-pyrrole nitrogens is 1. The molecule has 0 spiro atoms. The Morgan fingerprint density at radius 1 is 1.47 bits per heavy atom. The van der Waals surface area contributed by atoms with E-state index in [1.165, 1.54) is 6.07 Å². The summed E-state index contributed by atoms with van der Waals surface area (Å²) in [4.78, 5) is -0.553. The summed E-state index contributed by atoms with van der Waals surface area (Å²) in [7, 11) is -4.07. The molecule has 11 heteroatoms. The molecule has 4 N–H and O–H groups in total. The molecule has 0 saturated heterocycles. The molecule has 0 saturated carbocycles. The average molecular weight is 351 g/mol. The lowest BCUT2D eigenvalue weighted by molar-refractivity contribution is 0.553. The Bertz CT molecular complexity index is 690. The third kappa shape index (κ3) is 3.05. The van der Waals surface area contributed by atoms with Crippen LogP contribution in [-0.4, -0.2) is 29.0 Å². The van der Waals surface area contributed by atoms with Gasteiger partial charge in [-0.1, -0.05) is 5.21 Å². The largest absolute Gasteiger partial charge is 0.399 e. The van der Waals surface area contributed by atoms with E-state index in [0.29, 0.717) is 0 Å². The molecule has 0 aliphatic rings. The number of nitrogen functional groups attached to an aromatic ring is 1. The van der Waals surface area contributed by atoms with Gasteiger partial charge in [0.25, 0.3) is 0 Å².